The summed E-state index contributed by atoms with van der Waals surface area (Å²) in [5.41, 5.74) is 0.996. The Labute approximate surface area is 109 Å². The maximum absolute atomic E-state index is 8.57. The number of ether oxygens (including phenoxy) is 1. The number of aliphatic hydroxyl groups excluding tert-OH is 1. The Hall–Kier alpha value is -1.74. The lowest BCUT2D eigenvalue weighted by molar-refractivity contribution is 0.204. The Morgan fingerprint density at radius 1 is 0.944 bits per heavy atom. The third-order valence-electron chi connectivity index (χ3n) is 2.19. The molecule has 1 rings (SSSR count). The molecule has 0 aromatic heterocycles. The van der Waals surface area contributed by atoms with Crippen LogP contribution in [0.3, 0.4) is 0 Å². The number of benzene rings is 1. The molecule has 94 valence electrons. The highest BCUT2D eigenvalue weighted by molar-refractivity contribution is 5.33. The minimum absolute atomic E-state index is 0.243. The van der Waals surface area contributed by atoms with E-state index in [0.29, 0.717) is 13.2 Å². The van der Waals surface area contributed by atoms with Gasteiger partial charge in [0.2, 0.25) is 0 Å². The lowest BCUT2D eigenvalue weighted by atomic mass is 10.2. The molecule has 0 radical (unpaired) electrons. The molecule has 0 heterocycles. The van der Waals surface area contributed by atoms with Crippen LogP contribution in [0.2, 0.25) is 0 Å². The molecule has 0 atom stereocenters. The molecular formula is C16H18O2. The van der Waals surface area contributed by atoms with Crippen LogP contribution in [0.1, 0.15) is 24.8 Å². The van der Waals surface area contributed by atoms with Crippen molar-refractivity contribution in [1.29, 1.82) is 0 Å². The molecule has 0 aliphatic rings. The van der Waals surface area contributed by atoms with Gasteiger partial charge in [-0.05, 0) is 25.0 Å². The molecule has 1 aromatic rings. The maximum atomic E-state index is 8.57. The minimum atomic E-state index is 0.243. The zero-order valence-electron chi connectivity index (χ0n) is 10.5. The zero-order chi connectivity index (χ0) is 12.9. The van der Waals surface area contributed by atoms with Crippen LogP contribution in [0.15, 0.2) is 30.3 Å². The fourth-order valence-corrected chi connectivity index (χ4v) is 1.28. The minimum Gasteiger partial charge on any atom is -0.396 e. The first-order chi connectivity index (χ1) is 8.93. The van der Waals surface area contributed by atoms with Crippen LogP contribution in [0.5, 0.6) is 0 Å². The third kappa shape index (κ3) is 7.52. The van der Waals surface area contributed by atoms with Crippen LogP contribution in [0.25, 0.3) is 0 Å². The Kier molecular flexibility index (Phi) is 8.29. The van der Waals surface area contributed by atoms with E-state index in [0.717, 1.165) is 24.8 Å². The van der Waals surface area contributed by atoms with Gasteiger partial charge < -0.3 is 9.84 Å². The van der Waals surface area contributed by atoms with Gasteiger partial charge in [-0.3, -0.25) is 0 Å². The molecule has 1 aromatic carbocycles. The molecule has 0 aliphatic heterocycles. The molecule has 0 unspecified atom stereocenters. The van der Waals surface area contributed by atoms with Crippen molar-refractivity contribution >= 4 is 0 Å². The van der Waals surface area contributed by atoms with Gasteiger partial charge in [-0.2, -0.15) is 0 Å². The second-order valence-corrected chi connectivity index (χ2v) is 3.69. The van der Waals surface area contributed by atoms with Crippen molar-refractivity contribution in [1.82, 2.24) is 0 Å². The van der Waals surface area contributed by atoms with E-state index in [9.17, 15) is 0 Å². The lowest BCUT2D eigenvalue weighted by Crippen LogP contribution is -1.91. The van der Waals surface area contributed by atoms with Gasteiger partial charge >= 0.3 is 0 Å². The highest BCUT2D eigenvalue weighted by atomic mass is 16.5. The normalized spacial score (nSPS) is 8.94. The number of unbranched alkanes of at least 4 members (excludes halogenated alkanes) is 2. The van der Waals surface area contributed by atoms with Crippen LogP contribution in [-0.2, 0) is 4.74 Å². The van der Waals surface area contributed by atoms with Crippen molar-refractivity contribution in [2.24, 2.45) is 0 Å². The van der Waals surface area contributed by atoms with Gasteiger partial charge in [0.05, 0.1) is 0 Å². The van der Waals surface area contributed by atoms with Gasteiger partial charge in [-0.1, -0.05) is 36.0 Å². The van der Waals surface area contributed by atoms with Gasteiger partial charge in [-0.15, -0.1) is 5.92 Å². The predicted octanol–water partition coefficient (Wildman–Crippen LogP) is 2.22. The first kappa shape index (κ1) is 14.3. The average molecular weight is 242 g/mol. The summed E-state index contributed by atoms with van der Waals surface area (Å²) < 4.78 is 5.27. The van der Waals surface area contributed by atoms with E-state index in [-0.39, 0.29) is 6.61 Å². The summed E-state index contributed by atoms with van der Waals surface area (Å²) in [5, 5.41) is 8.57. The summed E-state index contributed by atoms with van der Waals surface area (Å²) in [6.07, 6.45) is 2.58. The van der Waals surface area contributed by atoms with E-state index in [1.165, 1.54) is 0 Å². The zero-order valence-corrected chi connectivity index (χ0v) is 10.5. The second-order valence-electron chi connectivity index (χ2n) is 3.69. The summed E-state index contributed by atoms with van der Waals surface area (Å²) in [7, 11) is 0. The highest BCUT2D eigenvalue weighted by Crippen LogP contribution is 1.94. The Morgan fingerprint density at radius 2 is 1.72 bits per heavy atom. The van der Waals surface area contributed by atoms with Crippen molar-refractivity contribution in [3.05, 3.63) is 35.9 Å². The molecule has 0 saturated heterocycles. The predicted molar refractivity (Wildman–Crippen MR) is 72.9 cm³/mol. The molecule has 2 heteroatoms. The van der Waals surface area contributed by atoms with Gasteiger partial charge in [-0.25, -0.2) is 0 Å². The van der Waals surface area contributed by atoms with Gasteiger partial charge in [0.25, 0.3) is 0 Å². The fourth-order valence-electron chi connectivity index (χ4n) is 1.28. The smallest absolute Gasteiger partial charge is 0.109 e. The van der Waals surface area contributed by atoms with Crippen LogP contribution in [0.4, 0.5) is 0 Å². The van der Waals surface area contributed by atoms with Crippen molar-refractivity contribution in [3.63, 3.8) is 0 Å². The highest BCUT2D eigenvalue weighted by Gasteiger charge is 1.83. The van der Waals surface area contributed by atoms with E-state index in [4.69, 9.17) is 9.84 Å². The summed E-state index contributed by atoms with van der Waals surface area (Å²) in [6.45, 7) is 1.07. The Bertz CT molecular complexity index is 429. The van der Waals surface area contributed by atoms with Gasteiger partial charge in [0.15, 0.2) is 0 Å². The van der Waals surface area contributed by atoms with E-state index in [1.807, 2.05) is 30.3 Å². The summed E-state index contributed by atoms with van der Waals surface area (Å²) in [4.78, 5) is 0. The lowest BCUT2D eigenvalue weighted by Gasteiger charge is -1.91. The summed E-state index contributed by atoms with van der Waals surface area (Å²) in [5.74, 6) is 11.9. The van der Waals surface area contributed by atoms with Crippen LogP contribution < -0.4 is 0 Å². The number of aliphatic hydroxyl groups is 1. The molecule has 1 N–H and O–H groups in total. The van der Waals surface area contributed by atoms with E-state index in [2.05, 4.69) is 23.7 Å². The third-order valence-corrected chi connectivity index (χ3v) is 2.19. The number of hydrogen-bond acceptors (Lipinski definition) is 2. The van der Waals surface area contributed by atoms with E-state index in [1.54, 1.807) is 0 Å². The fraction of sp³-hybridized carbons (Fsp3) is 0.375. The summed E-state index contributed by atoms with van der Waals surface area (Å²) in [6, 6.07) is 9.82. The molecule has 18 heavy (non-hydrogen) atoms. The first-order valence-electron chi connectivity index (χ1n) is 6.11. The first-order valence-corrected chi connectivity index (χ1v) is 6.11. The molecule has 0 aliphatic carbocycles. The standard InChI is InChI=1S/C16H18O2/c17-13-7-2-1-3-8-14-18-15-9-12-16-10-5-4-6-11-16/h4-6,10-11,17H,1-2,7,13-15H2. The van der Waals surface area contributed by atoms with Crippen molar-refractivity contribution < 1.29 is 9.84 Å². The molecule has 0 spiro atoms. The molecule has 0 amide bonds. The Morgan fingerprint density at radius 3 is 2.50 bits per heavy atom. The monoisotopic (exact) mass is 242 g/mol. The van der Waals surface area contributed by atoms with Gasteiger partial charge in [0, 0.05) is 18.6 Å². The van der Waals surface area contributed by atoms with Gasteiger partial charge in [0.1, 0.15) is 13.2 Å². The van der Waals surface area contributed by atoms with Crippen LogP contribution in [0, 0.1) is 23.7 Å². The van der Waals surface area contributed by atoms with Crippen LogP contribution >= 0.6 is 0 Å². The molecule has 0 saturated carbocycles. The number of hydrogen-bond donors (Lipinski definition) is 1. The molecule has 2 nitrogen and oxygen atoms in total. The average Bonchev–Trinajstić information content (AvgIpc) is 2.42. The quantitative estimate of drug-likeness (QED) is 0.633. The molecule has 0 fully saturated rings. The van der Waals surface area contributed by atoms with Crippen LogP contribution in [-0.4, -0.2) is 24.9 Å². The van der Waals surface area contributed by atoms with E-state index >= 15 is 0 Å². The molecular weight excluding hydrogens is 224 g/mol. The van der Waals surface area contributed by atoms with Crippen molar-refractivity contribution in [3.8, 4) is 23.7 Å². The largest absolute Gasteiger partial charge is 0.396 e. The SMILES string of the molecule is OCCCCC#CCOCC#Cc1ccccc1. The topological polar surface area (TPSA) is 29.5 Å². The summed E-state index contributed by atoms with van der Waals surface area (Å²) >= 11 is 0. The van der Waals surface area contributed by atoms with Crippen molar-refractivity contribution in [2.45, 2.75) is 19.3 Å². The molecule has 0 bridgehead atoms. The van der Waals surface area contributed by atoms with E-state index < -0.39 is 0 Å². The second kappa shape index (κ2) is 10.4. The number of rotatable bonds is 5. The maximum Gasteiger partial charge on any atom is 0.109 e. The Balaban J connectivity index is 2.07. The van der Waals surface area contributed by atoms with Crippen molar-refractivity contribution in [2.75, 3.05) is 19.8 Å².